The maximum atomic E-state index is 12.3. The number of benzene rings is 1. The Hall–Kier alpha value is -1.79. The second kappa shape index (κ2) is 8.17. The number of hydrogen-bond donors (Lipinski definition) is 2. The van der Waals surface area contributed by atoms with E-state index < -0.39 is 6.10 Å². The van der Waals surface area contributed by atoms with Gasteiger partial charge in [-0.05, 0) is 33.0 Å². The number of nitrogens with zero attached hydrogens (tertiary/aromatic N) is 2. The first-order valence-corrected chi connectivity index (χ1v) is 8.03. The van der Waals surface area contributed by atoms with Gasteiger partial charge in [0.2, 0.25) is 0 Å². The Bertz CT molecular complexity index is 522. The van der Waals surface area contributed by atoms with E-state index in [1.165, 1.54) is 0 Å². The van der Waals surface area contributed by atoms with Crippen LogP contribution in [0.5, 0.6) is 5.75 Å². The summed E-state index contributed by atoms with van der Waals surface area (Å²) in [5, 5.41) is 12.7. The number of amides is 2. The fourth-order valence-corrected chi connectivity index (χ4v) is 2.95. The number of likely N-dealkylation sites (N-methyl/N-ethyl adjacent to an activating group) is 1. The quantitative estimate of drug-likeness (QED) is 0.862. The number of carbonyl (C=O) groups excluding carboxylic acids is 1. The molecule has 1 saturated heterocycles. The Kier molecular flexibility index (Phi) is 6.24. The van der Waals surface area contributed by atoms with Crippen molar-refractivity contribution in [3.05, 3.63) is 29.8 Å². The van der Waals surface area contributed by atoms with Crippen LogP contribution in [0.3, 0.4) is 0 Å². The molecule has 0 aliphatic carbocycles. The highest BCUT2D eigenvalue weighted by Gasteiger charge is 2.24. The Morgan fingerprint density at radius 1 is 1.48 bits per heavy atom. The summed E-state index contributed by atoms with van der Waals surface area (Å²) < 4.78 is 5.43. The molecule has 1 aliphatic heterocycles. The van der Waals surface area contributed by atoms with Crippen LogP contribution in [0.4, 0.5) is 4.79 Å². The summed E-state index contributed by atoms with van der Waals surface area (Å²) in [5.74, 6) is 0.814. The van der Waals surface area contributed by atoms with Crippen LogP contribution >= 0.6 is 0 Å². The number of aliphatic hydroxyl groups is 1. The summed E-state index contributed by atoms with van der Waals surface area (Å²) in [6.45, 7) is 1.59. The predicted octanol–water partition coefficient (Wildman–Crippen LogP) is 1.46. The van der Waals surface area contributed by atoms with Gasteiger partial charge in [0.25, 0.3) is 0 Å². The zero-order chi connectivity index (χ0) is 16.8. The highest BCUT2D eigenvalue weighted by atomic mass is 16.5. The lowest BCUT2D eigenvalue weighted by Gasteiger charge is -2.32. The van der Waals surface area contributed by atoms with Crippen LogP contribution in [0.2, 0.25) is 0 Å². The second-order valence-electron chi connectivity index (χ2n) is 6.15. The van der Waals surface area contributed by atoms with Gasteiger partial charge in [-0.3, -0.25) is 0 Å². The van der Waals surface area contributed by atoms with Crippen molar-refractivity contribution in [2.75, 3.05) is 40.8 Å². The van der Waals surface area contributed by atoms with Crippen LogP contribution in [0.15, 0.2) is 24.3 Å². The molecule has 1 aromatic rings. The summed E-state index contributed by atoms with van der Waals surface area (Å²) in [6, 6.07) is 7.74. The SMILES string of the molecule is COc1ccccc1C(CNC(=O)N1CCCC(O)C1)N(C)C. The van der Waals surface area contributed by atoms with Crippen molar-refractivity contribution in [3.63, 3.8) is 0 Å². The number of likely N-dealkylation sites (tertiary alicyclic amines) is 1. The van der Waals surface area contributed by atoms with Gasteiger partial charge in [0, 0.05) is 25.2 Å². The lowest BCUT2D eigenvalue weighted by Crippen LogP contribution is -2.48. The minimum atomic E-state index is -0.409. The van der Waals surface area contributed by atoms with Gasteiger partial charge in [0.05, 0.1) is 19.3 Å². The maximum absolute atomic E-state index is 12.3. The van der Waals surface area contributed by atoms with Crippen molar-refractivity contribution >= 4 is 6.03 Å². The Morgan fingerprint density at radius 3 is 2.87 bits per heavy atom. The molecule has 6 nitrogen and oxygen atoms in total. The number of para-hydroxylation sites is 1. The molecule has 0 spiro atoms. The Morgan fingerprint density at radius 2 is 2.22 bits per heavy atom. The van der Waals surface area contributed by atoms with Gasteiger partial charge in [-0.1, -0.05) is 18.2 Å². The molecule has 1 fully saturated rings. The number of methoxy groups -OCH3 is 1. The van der Waals surface area contributed by atoms with E-state index in [1.54, 1.807) is 12.0 Å². The monoisotopic (exact) mass is 321 g/mol. The third-order valence-corrected chi connectivity index (χ3v) is 4.25. The van der Waals surface area contributed by atoms with Gasteiger partial charge < -0.3 is 25.0 Å². The summed E-state index contributed by atoms with van der Waals surface area (Å²) in [6.07, 6.45) is 1.21. The van der Waals surface area contributed by atoms with E-state index in [0.29, 0.717) is 19.6 Å². The number of urea groups is 1. The van der Waals surface area contributed by atoms with Crippen molar-refractivity contribution in [1.29, 1.82) is 0 Å². The summed E-state index contributed by atoms with van der Waals surface area (Å²) in [5.41, 5.74) is 1.04. The van der Waals surface area contributed by atoms with Crippen molar-refractivity contribution in [1.82, 2.24) is 15.1 Å². The lowest BCUT2D eigenvalue weighted by atomic mass is 10.0. The number of carbonyl (C=O) groups is 1. The van der Waals surface area contributed by atoms with E-state index in [0.717, 1.165) is 24.2 Å². The first kappa shape index (κ1) is 17.6. The molecular formula is C17H27N3O3. The van der Waals surface area contributed by atoms with E-state index in [4.69, 9.17) is 4.74 Å². The van der Waals surface area contributed by atoms with Crippen LogP contribution in [0.1, 0.15) is 24.4 Å². The largest absolute Gasteiger partial charge is 0.496 e. The van der Waals surface area contributed by atoms with Crippen LogP contribution in [0, 0.1) is 0 Å². The van der Waals surface area contributed by atoms with E-state index in [1.807, 2.05) is 38.4 Å². The lowest BCUT2D eigenvalue weighted by molar-refractivity contribution is 0.0836. The number of nitrogens with one attached hydrogen (secondary N) is 1. The van der Waals surface area contributed by atoms with Crippen LogP contribution in [-0.2, 0) is 0 Å². The van der Waals surface area contributed by atoms with E-state index >= 15 is 0 Å². The molecule has 2 atom stereocenters. The molecule has 2 amide bonds. The van der Waals surface area contributed by atoms with E-state index in [9.17, 15) is 9.90 Å². The molecule has 1 aromatic carbocycles. The molecule has 2 N–H and O–H groups in total. The molecule has 0 bridgehead atoms. The molecule has 0 radical (unpaired) electrons. The average molecular weight is 321 g/mol. The van der Waals surface area contributed by atoms with Crippen molar-refractivity contribution in [2.45, 2.75) is 25.0 Å². The van der Waals surface area contributed by atoms with E-state index in [-0.39, 0.29) is 12.1 Å². The fourth-order valence-electron chi connectivity index (χ4n) is 2.95. The topological polar surface area (TPSA) is 65.0 Å². The molecule has 2 rings (SSSR count). The molecule has 128 valence electrons. The number of hydrogen-bond acceptors (Lipinski definition) is 4. The maximum Gasteiger partial charge on any atom is 0.317 e. The van der Waals surface area contributed by atoms with Crippen LogP contribution < -0.4 is 10.1 Å². The highest BCUT2D eigenvalue weighted by Crippen LogP contribution is 2.27. The molecule has 2 unspecified atom stereocenters. The standard InChI is InChI=1S/C17H27N3O3/c1-19(2)15(14-8-4-5-9-16(14)23-3)11-18-17(22)20-10-6-7-13(21)12-20/h4-5,8-9,13,15,21H,6-7,10-12H2,1-3H3,(H,18,22). The van der Waals surface area contributed by atoms with Gasteiger partial charge in [-0.25, -0.2) is 4.79 Å². The fraction of sp³-hybridized carbons (Fsp3) is 0.588. The molecule has 1 aliphatic rings. The van der Waals surface area contributed by atoms with Crippen molar-refractivity contribution in [3.8, 4) is 5.75 Å². The summed E-state index contributed by atoms with van der Waals surface area (Å²) >= 11 is 0. The molecule has 6 heteroatoms. The Balaban J connectivity index is 2.01. The minimum Gasteiger partial charge on any atom is -0.496 e. The van der Waals surface area contributed by atoms with Gasteiger partial charge >= 0.3 is 6.03 Å². The summed E-state index contributed by atoms with van der Waals surface area (Å²) in [4.78, 5) is 16.1. The van der Waals surface area contributed by atoms with Crippen LogP contribution in [0.25, 0.3) is 0 Å². The summed E-state index contributed by atoms with van der Waals surface area (Å²) in [7, 11) is 5.61. The molecule has 1 heterocycles. The second-order valence-corrected chi connectivity index (χ2v) is 6.15. The minimum absolute atomic E-state index is 0.0183. The van der Waals surface area contributed by atoms with Gasteiger partial charge in [-0.15, -0.1) is 0 Å². The number of piperidine rings is 1. The van der Waals surface area contributed by atoms with Crippen molar-refractivity contribution < 1.29 is 14.6 Å². The van der Waals surface area contributed by atoms with Gasteiger partial charge in [0.1, 0.15) is 5.75 Å². The third kappa shape index (κ3) is 4.59. The van der Waals surface area contributed by atoms with E-state index in [2.05, 4.69) is 10.2 Å². The molecule has 23 heavy (non-hydrogen) atoms. The number of rotatable bonds is 5. The number of ether oxygens (including phenoxy) is 1. The normalized spacial score (nSPS) is 19.5. The first-order valence-electron chi connectivity index (χ1n) is 8.03. The average Bonchev–Trinajstić information content (AvgIpc) is 2.55. The molecular weight excluding hydrogens is 294 g/mol. The molecule has 0 aromatic heterocycles. The predicted molar refractivity (Wildman–Crippen MR) is 89.6 cm³/mol. The Labute approximate surface area is 138 Å². The van der Waals surface area contributed by atoms with Gasteiger partial charge in [0.15, 0.2) is 0 Å². The zero-order valence-electron chi connectivity index (χ0n) is 14.2. The first-order chi connectivity index (χ1) is 11.0. The smallest absolute Gasteiger partial charge is 0.317 e. The third-order valence-electron chi connectivity index (χ3n) is 4.25. The molecule has 0 saturated carbocycles. The zero-order valence-corrected chi connectivity index (χ0v) is 14.2. The number of β-amino-alcohol motifs (C(OH)–C–C–N with tert-alkyl or cyclic N) is 1. The highest BCUT2D eigenvalue weighted by molar-refractivity contribution is 5.74. The van der Waals surface area contributed by atoms with Gasteiger partial charge in [-0.2, -0.15) is 0 Å². The van der Waals surface area contributed by atoms with Crippen LogP contribution in [-0.4, -0.2) is 67.9 Å². The van der Waals surface area contributed by atoms with Crippen molar-refractivity contribution in [2.24, 2.45) is 0 Å². The number of aliphatic hydroxyl groups excluding tert-OH is 1.